The van der Waals surface area contributed by atoms with Gasteiger partial charge in [0.1, 0.15) is 5.60 Å². The molecule has 0 N–H and O–H groups in total. The fourth-order valence-corrected chi connectivity index (χ4v) is 3.84. The van der Waals surface area contributed by atoms with Gasteiger partial charge in [0.25, 0.3) is 0 Å². The highest BCUT2D eigenvalue weighted by Crippen LogP contribution is 2.34. The van der Waals surface area contributed by atoms with Crippen molar-refractivity contribution in [3.8, 4) is 0 Å². The number of piperidine rings is 1. The SMILES string of the molecule is CC(C)(C)OC(=O)N1CCC(c2nc3ccccc3s2)CC1. The van der Waals surface area contributed by atoms with Gasteiger partial charge in [-0.25, -0.2) is 9.78 Å². The lowest BCUT2D eigenvalue weighted by Gasteiger charge is -2.32. The number of rotatable bonds is 1. The molecule has 0 radical (unpaired) electrons. The number of carbonyl (C=O) groups excluding carboxylic acids is 1. The maximum Gasteiger partial charge on any atom is 0.410 e. The Morgan fingerprint density at radius 2 is 1.95 bits per heavy atom. The van der Waals surface area contributed by atoms with Crippen molar-refractivity contribution in [3.63, 3.8) is 0 Å². The van der Waals surface area contributed by atoms with Gasteiger partial charge in [-0.3, -0.25) is 0 Å². The Hall–Kier alpha value is -1.62. The largest absolute Gasteiger partial charge is 0.444 e. The fourth-order valence-electron chi connectivity index (χ4n) is 2.70. The first kappa shape index (κ1) is 15.3. The number of carbonyl (C=O) groups is 1. The number of aromatic nitrogens is 1. The predicted octanol–water partition coefficient (Wildman–Crippen LogP) is 4.41. The number of amides is 1. The molecule has 2 heterocycles. The second-order valence-electron chi connectivity index (χ2n) is 6.76. The number of thiazole rings is 1. The standard InChI is InChI=1S/C17H22N2O2S/c1-17(2,3)21-16(20)19-10-8-12(9-11-19)15-18-13-6-4-5-7-14(13)22-15/h4-7,12H,8-11H2,1-3H3. The van der Waals surface area contributed by atoms with E-state index in [2.05, 4.69) is 18.2 Å². The van der Waals surface area contributed by atoms with E-state index in [1.54, 1.807) is 11.3 Å². The van der Waals surface area contributed by atoms with Crippen LogP contribution in [0.3, 0.4) is 0 Å². The molecule has 0 aliphatic carbocycles. The molecule has 1 fully saturated rings. The van der Waals surface area contributed by atoms with Gasteiger partial charge in [-0.2, -0.15) is 0 Å². The zero-order valence-electron chi connectivity index (χ0n) is 13.3. The van der Waals surface area contributed by atoms with Gasteiger partial charge in [-0.15, -0.1) is 11.3 Å². The minimum Gasteiger partial charge on any atom is -0.444 e. The molecule has 2 aromatic rings. The highest BCUT2D eigenvalue weighted by Gasteiger charge is 2.28. The Balaban J connectivity index is 1.63. The van der Waals surface area contributed by atoms with Gasteiger partial charge in [0.15, 0.2) is 0 Å². The van der Waals surface area contributed by atoms with Gasteiger partial charge < -0.3 is 9.64 Å². The minimum absolute atomic E-state index is 0.199. The molecule has 0 atom stereocenters. The first-order valence-corrected chi connectivity index (χ1v) is 8.57. The van der Waals surface area contributed by atoms with Crippen LogP contribution in [0.15, 0.2) is 24.3 Å². The maximum atomic E-state index is 12.1. The Kier molecular flexibility index (Phi) is 4.08. The van der Waals surface area contributed by atoms with Crippen LogP contribution in [0.1, 0.15) is 44.5 Å². The van der Waals surface area contributed by atoms with E-state index in [-0.39, 0.29) is 6.09 Å². The normalized spacial score (nSPS) is 17.0. The van der Waals surface area contributed by atoms with Gasteiger partial charge in [0.2, 0.25) is 0 Å². The molecule has 3 rings (SSSR count). The summed E-state index contributed by atoms with van der Waals surface area (Å²) in [6.45, 7) is 7.20. The number of likely N-dealkylation sites (tertiary alicyclic amines) is 1. The van der Waals surface area contributed by atoms with Crippen LogP contribution in [0.5, 0.6) is 0 Å². The second-order valence-corrected chi connectivity index (χ2v) is 7.82. The summed E-state index contributed by atoms with van der Waals surface area (Å²) in [4.78, 5) is 18.7. The molecule has 22 heavy (non-hydrogen) atoms. The summed E-state index contributed by atoms with van der Waals surface area (Å²) < 4.78 is 6.68. The number of hydrogen-bond donors (Lipinski definition) is 0. The first-order valence-electron chi connectivity index (χ1n) is 7.76. The summed E-state index contributed by atoms with van der Waals surface area (Å²) in [7, 11) is 0. The number of nitrogens with zero attached hydrogens (tertiary/aromatic N) is 2. The van der Waals surface area contributed by atoms with E-state index in [1.165, 1.54) is 9.71 Å². The van der Waals surface area contributed by atoms with Crippen LogP contribution in [0.2, 0.25) is 0 Å². The smallest absolute Gasteiger partial charge is 0.410 e. The molecule has 1 amide bonds. The third-order valence-corrected chi connectivity index (χ3v) is 5.01. The van der Waals surface area contributed by atoms with E-state index in [0.717, 1.165) is 31.4 Å². The minimum atomic E-state index is -0.430. The number of fused-ring (bicyclic) bond motifs is 1. The zero-order valence-corrected chi connectivity index (χ0v) is 14.2. The van der Waals surface area contributed by atoms with Gasteiger partial charge in [0.05, 0.1) is 15.2 Å². The van der Waals surface area contributed by atoms with Crippen molar-refractivity contribution in [2.24, 2.45) is 0 Å². The number of benzene rings is 1. The topological polar surface area (TPSA) is 42.4 Å². The van der Waals surface area contributed by atoms with E-state index in [4.69, 9.17) is 9.72 Å². The van der Waals surface area contributed by atoms with Crippen molar-refractivity contribution in [1.82, 2.24) is 9.88 Å². The van der Waals surface area contributed by atoms with Crippen LogP contribution in [0.25, 0.3) is 10.2 Å². The summed E-state index contributed by atoms with van der Waals surface area (Å²) in [6.07, 6.45) is 1.72. The van der Waals surface area contributed by atoms with E-state index in [9.17, 15) is 4.79 Å². The molecular formula is C17H22N2O2S. The quantitative estimate of drug-likeness (QED) is 0.782. The van der Waals surface area contributed by atoms with Crippen molar-refractivity contribution in [2.75, 3.05) is 13.1 Å². The lowest BCUT2D eigenvalue weighted by molar-refractivity contribution is 0.0205. The molecule has 1 aliphatic rings. The molecular weight excluding hydrogens is 296 g/mol. The van der Waals surface area contributed by atoms with Crippen molar-refractivity contribution < 1.29 is 9.53 Å². The lowest BCUT2D eigenvalue weighted by atomic mass is 9.98. The lowest BCUT2D eigenvalue weighted by Crippen LogP contribution is -2.41. The molecule has 5 heteroatoms. The molecule has 1 saturated heterocycles. The molecule has 1 aliphatic heterocycles. The van der Waals surface area contributed by atoms with Crippen LogP contribution in [-0.4, -0.2) is 34.7 Å². The van der Waals surface area contributed by atoms with Gasteiger partial charge in [0, 0.05) is 19.0 Å². The summed E-state index contributed by atoms with van der Waals surface area (Å²) in [5, 5.41) is 1.20. The Morgan fingerprint density at radius 3 is 2.59 bits per heavy atom. The van der Waals surface area contributed by atoms with Crippen molar-refractivity contribution in [2.45, 2.75) is 45.1 Å². The summed E-state index contributed by atoms with van der Waals surface area (Å²) in [5.74, 6) is 0.455. The Morgan fingerprint density at radius 1 is 1.27 bits per heavy atom. The van der Waals surface area contributed by atoms with Crippen molar-refractivity contribution >= 4 is 27.6 Å². The maximum absolute atomic E-state index is 12.1. The molecule has 0 unspecified atom stereocenters. The molecule has 0 bridgehead atoms. The summed E-state index contributed by atoms with van der Waals surface area (Å²) in [5.41, 5.74) is 0.651. The molecule has 4 nitrogen and oxygen atoms in total. The summed E-state index contributed by atoms with van der Waals surface area (Å²) >= 11 is 1.78. The predicted molar refractivity (Wildman–Crippen MR) is 89.4 cm³/mol. The van der Waals surface area contributed by atoms with Gasteiger partial charge in [-0.1, -0.05) is 12.1 Å². The second kappa shape index (κ2) is 5.88. The fraction of sp³-hybridized carbons (Fsp3) is 0.529. The Labute approximate surface area is 135 Å². The zero-order chi connectivity index (χ0) is 15.7. The highest BCUT2D eigenvalue weighted by molar-refractivity contribution is 7.18. The molecule has 118 valence electrons. The Bertz CT molecular complexity index is 634. The monoisotopic (exact) mass is 318 g/mol. The first-order chi connectivity index (χ1) is 10.4. The van der Waals surface area contributed by atoms with Crippen LogP contribution in [-0.2, 0) is 4.74 Å². The summed E-state index contributed by atoms with van der Waals surface area (Å²) in [6, 6.07) is 8.25. The van der Waals surface area contributed by atoms with Crippen LogP contribution in [0.4, 0.5) is 4.79 Å². The molecule has 0 spiro atoms. The van der Waals surface area contributed by atoms with Gasteiger partial charge >= 0.3 is 6.09 Å². The average molecular weight is 318 g/mol. The van der Waals surface area contributed by atoms with E-state index in [1.807, 2.05) is 31.7 Å². The van der Waals surface area contributed by atoms with Crippen LogP contribution in [0, 0.1) is 0 Å². The van der Waals surface area contributed by atoms with Crippen molar-refractivity contribution in [3.05, 3.63) is 29.3 Å². The van der Waals surface area contributed by atoms with Crippen molar-refractivity contribution in [1.29, 1.82) is 0 Å². The molecule has 0 saturated carbocycles. The van der Waals surface area contributed by atoms with E-state index >= 15 is 0 Å². The van der Waals surface area contributed by atoms with E-state index in [0.29, 0.717) is 5.92 Å². The third-order valence-electron chi connectivity index (χ3n) is 3.81. The number of ether oxygens (including phenoxy) is 1. The molecule has 1 aromatic heterocycles. The van der Waals surface area contributed by atoms with Gasteiger partial charge in [-0.05, 0) is 45.7 Å². The average Bonchev–Trinajstić information content (AvgIpc) is 2.89. The number of hydrogen-bond acceptors (Lipinski definition) is 4. The molecule has 1 aromatic carbocycles. The van der Waals surface area contributed by atoms with Crippen LogP contribution >= 0.6 is 11.3 Å². The third kappa shape index (κ3) is 3.40. The van der Waals surface area contributed by atoms with E-state index < -0.39 is 5.60 Å². The van der Waals surface area contributed by atoms with Crippen LogP contribution < -0.4 is 0 Å². The highest BCUT2D eigenvalue weighted by atomic mass is 32.1. The number of para-hydroxylation sites is 1.